The summed E-state index contributed by atoms with van der Waals surface area (Å²) in [6.07, 6.45) is 0.660. The number of benzene rings is 1. The topological polar surface area (TPSA) is 66.8 Å². The largest absolute Gasteiger partial charge is 0.508 e. The zero-order valence-electron chi connectivity index (χ0n) is 10.8. The van der Waals surface area contributed by atoms with Crippen LogP contribution in [0.4, 0.5) is 0 Å². The summed E-state index contributed by atoms with van der Waals surface area (Å²) in [6, 6.07) is 4.72. The number of aromatic hydroxyl groups is 1. The van der Waals surface area contributed by atoms with Crippen molar-refractivity contribution in [2.75, 3.05) is 20.7 Å². The fourth-order valence-corrected chi connectivity index (χ4v) is 3.15. The lowest BCUT2D eigenvalue weighted by atomic mass is 9.84. The van der Waals surface area contributed by atoms with Gasteiger partial charge in [0.1, 0.15) is 5.75 Å². The Hall–Kier alpha value is -2.04. The summed E-state index contributed by atoms with van der Waals surface area (Å²) < 4.78 is 4.80. The van der Waals surface area contributed by atoms with Gasteiger partial charge in [-0.05, 0) is 30.2 Å². The Kier molecular flexibility index (Phi) is 2.36. The van der Waals surface area contributed by atoms with Gasteiger partial charge in [0.25, 0.3) is 5.91 Å². The van der Waals surface area contributed by atoms with E-state index in [2.05, 4.69) is 0 Å². The van der Waals surface area contributed by atoms with Crippen LogP contribution in [0, 0.1) is 5.92 Å². The van der Waals surface area contributed by atoms with Gasteiger partial charge in [-0.3, -0.25) is 9.59 Å². The zero-order chi connectivity index (χ0) is 13.8. The maximum Gasteiger partial charge on any atom is 0.309 e. The molecule has 2 aliphatic rings. The van der Waals surface area contributed by atoms with Gasteiger partial charge in [-0.25, -0.2) is 0 Å². The molecule has 1 aliphatic heterocycles. The minimum absolute atomic E-state index is 0.0730. The number of phenolic OH excluding ortho intramolecular Hbond substituents is 1. The lowest BCUT2D eigenvalue weighted by Crippen LogP contribution is -2.42. The summed E-state index contributed by atoms with van der Waals surface area (Å²) >= 11 is 0. The molecular weight excluding hydrogens is 246 g/mol. The SMILES string of the molecule is COC(=O)[C@@H]1C[C@]12CN(C)C(=O)c1ccc(O)cc12. The van der Waals surface area contributed by atoms with E-state index in [0.717, 1.165) is 5.56 Å². The molecule has 1 N–H and O–H groups in total. The van der Waals surface area contributed by atoms with Crippen LogP contribution in [0.1, 0.15) is 22.3 Å². The molecule has 1 aromatic carbocycles. The number of ether oxygens (including phenoxy) is 1. The molecular formula is C14H15NO4. The smallest absolute Gasteiger partial charge is 0.309 e. The van der Waals surface area contributed by atoms with Crippen LogP contribution in [0.3, 0.4) is 0 Å². The fraction of sp³-hybridized carbons (Fsp3) is 0.429. The van der Waals surface area contributed by atoms with Crippen molar-refractivity contribution in [3.05, 3.63) is 29.3 Å². The summed E-state index contributed by atoms with van der Waals surface area (Å²) in [5.41, 5.74) is 0.952. The number of amides is 1. The molecule has 1 fully saturated rings. The molecule has 5 nitrogen and oxygen atoms in total. The second-order valence-corrected chi connectivity index (χ2v) is 5.33. The normalized spacial score (nSPS) is 28.2. The molecule has 1 aliphatic carbocycles. The van der Waals surface area contributed by atoms with Crippen molar-refractivity contribution in [1.82, 2.24) is 4.90 Å². The summed E-state index contributed by atoms with van der Waals surface area (Å²) in [7, 11) is 3.10. The maximum atomic E-state index is 12.1. The molecule has 1 spiro atoms. The molecule has 0 saturated heterocycles. The van der Waals surface area contributed by atoms with Crippen LogP contribution >= 0.6 is 0 Å². The van der Waals surface area contributed by atoms with Crippen LogP contribution in [0.2, 0.25) is 0 Å². The minimum atomic E-state index is -0.385. The first-order valence-electron chi connectivity index (χ1n) is 6.16. The number of nitrogens with zero attached hydrogens (tertiary/aromatic N) is 1. The first-order valence-corrected chi connectivity index (χ1v) is 6.16. The average Bonchev–Trinajstić information content (AvgIpc) is 3.10. The Morgan fingerprint density at radius 1 is 1.53 bits per heavy atom. The van der Waals surface area contributed by atoms with Crippen LogP contribution in [-0.4, -0.2) is 42.6 Å². The molecule has 0 unspecified atom stereocenters. The highest BCUT2D eigenvalue weighted by atomic mass is 16.5. The predicted octanol–water partition coefficient (Wildman–Crippen LogP) is 0.908. The number of carbonyl (C=O) groups excluding carboxylic acids is 2. The Bertz CT molecular complexity index is 583. The molecule has 3 rings (SSSR count). The molecule has 1 heterocycles. The number of hydrogen-bond donors (Lipinski definition) is 1. The van der Waals surface area contributed by atoms with Gasteiger partial charge in [-0.2, -0.15) is 0 Å². The number of likely N-dealkylation sites (N-methyl/N-ethyl adjacent to an activating group) is 1. The van der Waals surface area contributed by atoms with Gasteiger partial charge in [0.2, 0.25) is 0 Å². The van der Waals surface area contributed by atoms with E-state index in [0.29, 0.717) is 18.5 Å². The Labute approximate surface area is 110 Å². The standard InChI is InChI=1S/C14H15NO4/c1-15-7-14(6-11(14)13(18)19-2)10-5-8(16)3-4-9(10)12(15)17/h3-5,11,16H,6-7H2,1-2H3/t11-,14+/m0/s1. The van der Waals surface area contributed by atoms with E-state index in [4.69, 9.17) is 4.74 Å². The highest BCUT2D eigenvalue weighted by Gasteiger charge is 2.63. The molecule has 100 valence electrons. The van der Waals surface area contributed by atoms with E-state index in [1.54, 1.807) is 24.1 Å². The molecule has 0 radical (unpaired) electrons. The molecule has 0 aromatic heterocycles. The van der Waals surface area contributed by atoms with E-state index >= 15 is 0 Å². The summed E-state index contributed by atoms with van der Waals surface area (Å²) in [5, 5.41) is 9.64. The molecule has 2 atom stereocenters. The molecule has 1 aromatic rings. The fourth-order valence-electron chi connectivity index (χ4n) is 3.15. The van der Waals surface area contributed by atoms with Gasteiger partial charge in [0, 0.05) is 24.6 Å². The number of methoxy groups -OCH3 is 1. The van der Waals surface area contributed by atoms with Gasteiger partial charge in [0.15, 0.2) is 0 Å². The number of rotatable bonds is 1. The number of phenols is 1. The van der Waals surface area contributed by atoms with Crippen molar-refractivity contribution in [1.29, 1.82) is 0 Å². The van der Waals surface area contributed by atoms with Gasteiger partial charge in [0.05, 0.1) is 13.0 Å². The summed E-state index contributed by atoms with van der Waals surface area (Å²) in [4.78, 5) is 25.5. The van der Waals surface area contributed by atoms with E-state index < -0.39 is 0 Å². The lowest BCUT2D eigenvalue weighted by Gasteiger charge is -2.32. The number of carbonyl (C=O) groups is 2. The van der Waals surface area contributed by atoms with Gasteiger partial charge >= 0.3 is 5.97 Å². The van der Waals surface area contributed by atoms with Crippen LogP contribution < -0.4 is 0 Å². The average molecular weight is 261 g/mol. The summed E-state index contributed by atoms with van der Waals surface area (Å²) in [6.45, 7) is 0.488. The van der Waals surface area contributed by atoms with Crippen LogP contribution in [0.5, 0.6) is 5.75 Å². The molecule has 1 saturated carbocycles. The van der Waals surface area contributed by atoms with Crippen molar-refractivity contribution in [2.45, 2.75) is 11.8 Å². The highest BCUT2D eigenvalue weighted by Crippen LogP contribution is 2.58. The highest BCUT2D eigenvalue weighted by molar-refractivity contribution is 5.99. The summed E-state index contributed by atoms with van der Waals surface area (Å²) in [5.74, 6) is -0.437. The molecule has 5 heteroatoms. The minimum Gasteiger partial charge on any atom is -0.508 e. The lowest BCUT2D eigenvalue weighted by molar-refractivity contribution is -0.142. The first-order chi connectivity index (χ1) is 8.99. The quantitative estimate of drug-likeness (QED) is 0.763. The number of esters is 1. The van der Waals surface area contributed by atoms with E-state index in [9.17, 15) is 14.7 Å². The number of fused-ring (bicyclic) bond motifs is 2. The Morgan fingerprint density at radius 2 is 2.26 bits per heavy atom. The van der Waals surface area contributed by atoms with Crippen molar-refractivity contribution >= 4 is 11.9 Å². The maximum absolute atomic E-state index is 12.1. The molecule has 19 heavy (non-hydrogen) atoms. The van der Waals surface area contributed by atoms with Crippen LogP contribution in [0.25, 0.3) is 0 Å². The molecule has 1 amide bonds. The second kappa shape index (κ2) is 3.73. The Morgan fingerprint density at radius 3 is 2.95 bits per heavy atom. The molecule has 0 bridgehead atoms. The van der Waals surface area contributed by atoms with E-state index in [1.807, 2.05) is 0 Å². The third-order valence-corrected chi connectivity index (χ3v) is 4.20. The van der Waals surface area contributed by atoms with E-state index in [1.165, 1.54) is 13.2 Å². The number of hydrogen-bond acceptors (Lipinski definition) is 4. The zero-order valence-corrected chi connectivity index (χ0v) is 10.8. The third kappa shape index (κ3) is 1.54. The monoisotopic (exact) mass is 261 g/mol. The van der Waals surface area contributed by atoms with Crippen LogP contribution in [0.15, 0.2) is 18.2 Å². The van der Waals surface area contributed by atoms with Gasteiger partial charge in [-0.15, -0.1) is 0 Å². The third-order valence-electron chi connectivity index (χ3n) is 4.20. The first kappa shape index (κ1) is 12.0. The van der Waals surface area contributed by atoms with Crippen molar-refractivity contribution < 1.29 is 19.4 Å². The van der Waals surface area contributed by atoms with Gasteiger partial charge < -0.3 is 14.7 Å². The van der Waals surface area contributed by atoms with Crippen LogP contribution in [-0.2, 0) is 14.9 Å². The predicted molar refractivity (Wildman–Crippen MR) is 66.9 cm³/mol. The van der Waals surface area contributed by atoms with Crippen molar-refractivity contribution in [3.8, 4) is 5.75 Å². The van der Waals surface area contributed by atoms with E-state index in [-0.39, 0.29) is 29.0 Å². The van der Waals surface area contributed by atoms with Crippen molar-refractivity contribution in [2.24, 2.45) is 5.92 Å². The Balaban J connectivity index is 2.10. The second-order valence-electron chi connectivity index (χ2n) is 5.33. The van der Waals surface area contributed by atoms with Gasteiger partial charge in [-0.1, -0.05) is 0 Å². The van der Waals surface area contributed by atoms with Crippen molar-refractivity contribution in [3.63, 3.8) is 0 Å².